The Morgan fingerprint density at radius 2 is 1.92 bits per heavy atom. The molecule has 13 heteroatoms. The van der Waals surface area contributed by atoms with Crippen molar-refractivity contribution < 1.29 is 27.2 Å². The van der Waals surface area contributed by atoms with E-state index in [1.807, 2.05) is 0 Å². The van der Waals surface area contributed by atoms with Crippen LogP contribution in [0.15, 0.2) is 36.7 Å². The van der Waals surface area contributed by atoms with Gasteiger partial charge in [-0.25, -0.2) is 14.4 Å². The molecule has 0 atom stereocenters. The van der Waals surface area contributed by atoms with E-state index < -0.39 is 28.9 Å². The monoisotopic (exact) mass is 529 g/mol. The van der Waals surface area contributed by atoms with Crippen LogP contribution in [0, 0.1) is 11.2 Å². The molecule has 0 bridgehead atoms. The van der Waals surface area contributed by atoms with Crippen molar-refractivity contribution in [3.05, 3.63) is 59.3 Å². The van der Waals surface area contributed by atoms with E-state index in [1.165, 1.54) is 22.0 Å². The Morgan fingerprint density at radius 3 is 2.53 bits per heavy atom. The average Bonchev–Trinajstić information content (AvgIpc) is 3.36. The largest absolute Gasteiger partial charge is 0.417 e. The summed E-state index contributed by atoms with van der Waals surface area (Å²) in [4.78, 5) is 35.0. The quantitative estimate of drug-likeness (QED) is 0.399. The number of hydrazine groups is 1. The van der Waals surface area contributed by atoms with Gasteiger partial charge in [-0.3, -0.25) is 24.3 Å². The summed E-state index contributed by atoms with van der Waals surface area (Å²) in [5, 5.41) is 7.34. The van der Waals surface area contributed by atoms with Gasteiger partial charge in [0, 0.05) is 36.7 Å². The third-order valence-corrected chi connectivity index (χ3v) is 6.78. The first-order valence-electron chi connectivity index (χ1n) is 11.6. The molecule has 1 aliphatic heterocycles. The third kappa shape index (κ3) is 4.17. The molecule has 198 valence electrons. The number of alkyl halides is 3. The summed E-state index contributed by atoms with van der Waals surface area (Å²) in [5.41, 5.74) is 4.75. The van der Waals surface area contributed by atoms with Gasteiger partial charge < -0.3 is 5.73 Å². The number of nitrogens with zero attached hydrogens (tertiary/aromatic N) is 6. The highest BCUT2D eigenvalue weighted by molar-refractivity contribution is 6.10. The molecule has 5 rings (SSSR count). The van der Waals surface area contributed by atoms with Crippen LogP contribution in [0.25, 0.3) is 21.8 Å². The predicted octanol–water partition coefficient (Wildman–Crippen LogP) is 4.07. The summed E-state index contributed by atoms with van der Waals surface area (Å²) in [5.74, 6) is -1.97. The number of pyridine rings is 2. The lowest BCUT2D eigenvalue weighted by atomic mass is 9.92. The molecule has 1 aromatic carbocycles. The fourth-order valence-corrected chi connectivity index (χ4v) is 4.56. The molecule has 0 aliphatic carbocycles. The summed E-state index contributed by atoms with van der Waals surface area (Å²) in [6.45, 7) is 3.26. The topological polar surface area (TPSA) is 110 Å². The van der Waals surface area contributed by atoms with Crippen LogP contribution in [0.4, 0.5) is 23.4 Å². The maximum Gasteiger partial charge on any atom is 0.417 e. The molecule has 38 heavy (non-hydrogen) atoms. The van der Waals surface area contributed by atoms with E-state index in [-0.39, 0.29) is 41.6 Å². The third-order valence-electron chi connectivity index (χ3n) is 6.78. The molecule has 1 aliphatic rings. The van der Waals surface area contributed by atoms with Crippen molar-refractivity contribution in [2.24, 2.45) is 12.5 Å². The highest BCUT2D eigenvalue weighted by Crippen LogP contribution is 2.34. The van der Waals surface area contributed by atoms with Gasteiger partial charge in [0.15, 0.2) is 0 Å². The zero-order valence-corrected chi connectivity index (χ0v) is 20.7. The van der Waals surface area contributed by atoms with Gasteiger partial charge in [-0.1, -0.05) is 13.8 Å². The second-order valence-corrected chi connectivity index (χ2v) is 9.84. The molecular formula is C25H23F4N7O2. The van der Waals surface area contributed by atoms with E-state index in [9.17, 15) is 22.8 Å². The van der Waals surface area contributed by atoms with Crippen molar-refractivity contribution in [1.82, 2.24) is 29.8 Å². The lowest BCUT2D eigenvalue weighted by molar-refractivity contribution is -0.146. The van der Waals surface area contributed by atoms with Crippen LogP contribution in [0.2, 0.25) is 0 Å². The van der Waals surface area contributed by atoms with Gasteiger partial charge in [-0.05, 0) is 24.6 Å². The van der Waals surface area contributed by atoms with Crippen molar-refractivity contribution in [1.29, 1.82) is 0 Å². The van der Waals surface area contributed by atoms with Crippen LogP contribution in [0.5, 0.6) is 0 Å². The van der Waals surface area contributed by atoms with Gasteiger partial charge in [0.25, 0.3) is 5.91 Å². The number of carbonyl (C=O) groups excluding carboxylic acids is 2. The Balaban J connectivity index is 1.60. The van der Waals surface area contributed by atoms with Crippen molar-refractivity contribution in [3.63, 3.8) is 0 Å². The van der Waals surface area contributed by atoms with Crippen LogP contribution in [-0.4, -0.2) is 48.1 Å². The fraction of sp³-hybridized carbons (Fsp3) is 0.320. The zero-order chi connectivity index (χ0) is 27.6. The lowest BCUT2D eigenvalue weighted by Crippen LogP contribution is -2.48. The molecular weight excluding hydrogens is 506 g/mol. The SMILES string of the molecule is Cn1ncc2c(N)nc3cc(F)c(C(=O)N(Cc4ccc(C(F)(F)F)cn4)N4CCC(C)(C)C4=O)cc3c21. The number of rotatable bonds is 4. The van der Waals surface area contributed by atoms with E-state index in [4.69, 9.17) is 5.73 Å². The van der Waals surface area contributed by atoms with Crippen molar-refractivity contribution in [2.75, 3.05) is 12.3 Å². The van der Waals surface area contributed by atoms with Gasteiger partial charge in [0.2, 0.25) is 5.91 Å². The lowest BCUT2D eigenvalue weighted by Gasteiger charge is -2.32. The molecule has 4 heterocycles. The van der Waals surface area contributed by atoms with Gasteiger partial charge in [-0.2, -0.15) is 18.3 Å². The maximum atomic E-state index is 15.4. The first-order chi connectivity index (χ1) is 17.8. The first kappa shape index (κ1) is 25.4. The fourth-order valence-electron chi connectivity index (χ4n) is 4.56. The van der Waals surface area contributed by atoms with E-state index in [2.05, 4.69) is 15.1 Å². The number of nitrogens with two attached hydrogens (primary N) is 1. The molecule has 9 nitrogen and oxygen atoms in total. The van der Waals surface area contributed by atoms with E-state index in [0.717, 1.165) is 23.2 Å². The number of halogens is 4. The zero-order valence-electron chi connectivity index (χ0n) is 20.7. The van der Waals surface area contributed by atoms with Crippen molar-refractivity contribution in [2.45, 2.75) is 33.0 Å². The number of anilines is 1. The van der Waals surface area contributed by atoms with Crippen LogP contribution < -0.4 is 5.73 Å². The number of aryl methyl sites for hydroxylation is 1. The van der Waals surface area contributed by atoms with Gasteiger partial charge >= 0.3 is 6.18 Å². The molecule has 0 spiro atoms. The summed E-state index contributed by atoms with van der Waals surface area (Å²) < 4.78 is 55.9. The van der Waals surface area contributed by atoms with Crippen molar-refractivity contribution >= 4 is 39.4 Å². The number of hydrogen-bond donors (Lipinski definition) is 1. The van der Waals surface area contributed by atoms with Gasteiger partial charge in [-0.15, -0.1) is 0 Å². The number of carbonyl (C=O) groups is 2. The standard InChI is InChI=1S/C25H23F4N7O2/c1-24(2)6-7-35(23(24)38)36(12-14-5-4-13(10-31-14)25(27,28)29)22(37)15-8-16-19(9-18(15)26)33-21(30)17-11-32-34(3)20(16)17/h4-5,8-11H,6-7,12H2,1-3H3,(H2,30,33). The number of nitrogen functional groups attached to an aromatic ring is 1. The molecule has 2 amide bonds. The van der Waals surface area contributed by atoms with Crippen LogP contribution in [0.3, 0.4) is 0 Å². The molecule has 0 radical (unpaired) electrons. The average molecular weight is 529 g/mol. The molecule has 0 saturated carbocycles. The minimum atomic E-state index is -4.58. The molecule has 1 fully saturated rings. The van der Waals surface area contributed by atoms with Gasteiger partial charge in [0.1, 0.15) is 11.6 Å². The summed E-state index contributed by atoms with van der Waals surface area (Å²) in [6.07, 6.45) is -2.00. The minimum Gasteiger partial charge on any atom is -0.383 e. The number of amides is 2. The Morgan fingerprint density at radius 1 is 1.18 bits per heavy atom. The molecule has 3 aromatic heterocycles. The summed E-state index contributed by atoms with van der Waals surface area (Å²) >= 11 is 0. The second kappa shape index (κ2) is 8.64. The van der Waals surface area contributed by atoms with E-state index in [1.54, 1.807) is 20.9 Å². The van der Waals surface area contributed by atoms with Gasteiger partial charge in [0.05, 0.1) is 46.0 Å². The number of hydrogen-bond acceptors (Lipinski definition) is 6. The van der Waals surface area contributed by atoms with Crippen LogP contribution >= 0.6 is 0 Å². The van der Waals surface area contributed by atoms with Crippen molar-refractivity contribution in [3.8, 4) is 0 Å². The molecule has 1 saturated heterocycles. The Bertz CT molecular complexity index is 1600. The molecule has 4 aromatic rings. The number of aromatic nitrogens is 4. The maximum absolute atomic E-state index is 15.4. The molecule has 0 unspecified atom stereocenters. The number of fused-ring (bicyclic) bond motifs is 3. The smallest absolute Gasteiger partial charge is 0.383 e. The number of benzene rings is 1. The van der Waals surface area contributed by atoms with E-state index in [0.29, 0.717) is 28.9 Å². The van der Waals surface area contributed by atoms with E-state index >= 15 is 4.39 Å². The normalized spacial score (nSPS) is 15.6. The van der Waals surface area contributed by atoms with Crippen LogP contribution in [-0.2, 0) is 24.6 Å². The summed E-state index contributed by atoms with van der Waals surface area (Å²) in [6, 6.07) is 4.36. The minimum absolute atomic E-state index is 0.0912. The second-order valence-electron chi connectivity index (χ2n) is 9.84. The highest BCUT2D eigenvalue weighted by atomic mass is 19.4. The predicted molar refractivity (Wildman–Crippen MR) is 130 cm³/mol. The Hall–Kier alpha value is -4.29. The first-order valence-corrected chi connectivity index (χ1v) is 11.6. The Labute approximate surface area is 213 Å². The highest BCUT2D eigenvalue weighted by Gasteiger charge is 2.43. The Kier molecular flexibility index (Phi) is 5.76. The van der Waals surface area contributed by atoms with Crippen LogP contribution in [0.1, 0.15) is 41.9 Å². The summed E-state index contributed by atoms with van der Waals surface area (Å²) in [7, 11) is 1.67. The molecule has 2 N–H and O–H groups in total.